The predicted octanol–water partition coefficient (Wildman–Crippen LogP) is 4.06. The molecule has 3 rings (SSSR count). The molecule has 1 aromatic heterocycles. The molecule has 0 aliphatic heterocycles. The van der Waals surface area contributed by atoms with E-state index in [1.807, 2.05) is 0 Å². The molecule has 1 heterocycles. The van der Waals surface area contributed by atoms with Gasteiger partial charge in [0.25, 0.3) is 5.69 Å². The smallest absolute Gasteiger partial charge is 0.310 e. The van der Waals surface area contributed by atoms with Gasteiger partial charge in [-0.3, -0.25) is 14.9 Å². The average molecular weight is 402 g/mol. The van der Waals surface area contributed by atoms with Crippen LogP contribution in [0, 0.1) is 15.9 Å². The topological polar surface area (TPSA) is 91.6 Å². The van der Waals surface area contributed by atoms with Gasteiger partial charge in [-0.05, 0) is 24.3 Å². The van der Waals surface area contributed by atoms with E-state index in [2.05, 4.69) is 4.98 Å². The van der Waals surface area contributed by atoms with Gasteiger partial charge in [-0.1, -0.05) is 18.2 Å². The third-order valence-electron chi connectivity index (χ3n) is 3.68. The minimum Gasteiger partial charge on any atom is -0.486 e. The Bertz CT molecular complexity index is 974. The summed E-state index contributed by atoms with van der Waals surface area (Å²) < 4.78 is 23.5. The van der Waals surface area contributed by atoms with Gasteiger partial charge in [0.1, 0.15) is 29.8 Å². The summed E-state index contributed by atoms with van der Waals surface area (Å²) in [6.07, 6.45) is -0.193. The summed E-state index contributed by atoms with van der Waals surface area (Å²) in [6.45, 7) is 0.174. The maximum atomic E-state index is 12.9. The van der Waals surface area contributed by atoms with Crippen LogP contribution in [0.2, 0.25) is 0 Å². The van der Waals surface area contributed by atoms with Crippen LogP contribution in [0.1, 0.15) is 16.3 Å². The Hall–Kier alpha value is -3.33. The van der Waals surface area contributed by atoms with Gasteiger partial charge >= 0.3 is 5.97 Å². The number of esters is 1. The number of rotatable bonds is 8. The molecule has 2 aromatic carbocycles. The highest BCUT2D eigenvalue weighted by Gasteiger charge is 2.16. The van der Waals surface area contributed by atoms with Crippen LogP contribution in [0.15, 0.2) is 53.9 Å². The van der Waals surface area contributed by atoms with Crippen LogP contribution >= 0.6 is 11.3 Å². The number of thiazole rings is 1. The third kappa shape index (κ3) is 5.34. The standard InChI is InChI=1S/C19H15FN2O5S/c20-14-5-7-16(8-6-14)26-11-18-21-15(12-28-18)10-27-19(23)9-13-3-1-2-4-17(13)22(24)25/h1-8,12H,9-11H2. The third-order valence-corrected chi connectivity index (χ3v) is 4.55. The van der Waals surface area contributed by atoms with Crippen LogP contribution in [0.5, 0.6) is 5.75 Å². The lowest BCUT2D eigenvalue weighted by molar-refractivity contribution is -0.385. The van der Waals surface area contributed by atoms with E-state index in [-0.39, 0.29) is 31.1 Å². The van der Waals surface area contributed by atoms with E-state index in [4.69, 9.17) is 9.47 Å². The Balaban J connectivity index is 1.49. The maximum absolute atomic E-state index is 12.9. The Morgan fingerprint density at radius 1 is 1.14 bits per heavy atom. The van der Waals surface area contributed by atoms with Gasteiger partial charge in [-0.2, -0.15) is 0 Å². The Morgan fingerprint density at radius 3 is 2.64 bits per heavy atom. The zero-order chi connectivity index (χ0) is 19.9. The number of halogens is 1. The fraction of sp³-hybridized carbons (Fsp3) is 0.158. The van der Waals surface area contributed by atoms with Gasteiger partial charge in [0, 0.05) is 17.0 Å². The van der Waals surface area contributed by atoms with Crippen LogP contribution < -0.4 is 4.74 Å². The zero-order valence-corrected chi connectivity index (χ0v) is 15.4. The van der Waals surface area contributed by atoms with Crippen molar-refractivity contribution in [2.45, 2.75) is 19.6 Å². The molecule has 0 radical (unpaired) electrons. The van der Waals surface area contributed by atoms with Crippen LogP contribution in [-0.2, 0) is 29.2 Å². The second-order valence-corrected chi connectivity index (χ2v) is 6.64. The van der Waals surface area contributed by atoms with Crippen molar-refractivity contribution in [3.63, 3.8) is 0 Å². The second kappa shape index (κ2) is 9.05. The van der Waals surface area contributed by atoms with E-state index in [1.165, 1.54) is 53.8 Å². The van der Waals surface area contributed by atoms with Crippen molar-refractivity contribution in [3.05, 3.63) is 86.1 Å². The molecule has 0 unspecified atom stereocenters. The van der Waals surface area contributed by atoms with Crippen molar-refractivity contribution in [2.75, 3.05) is 0 Å². The van der Waals surface area contributed by atoms with Crippen molar-refractivity contribution in [2.24, 2.45) is 0 Å². The van der Waals surface area contributed by atoms with E-state index >= 15 is 0 Å². The number of para-hydroxylation sites is 1. The van der Waals surface area contributed by atoms with E-state index in [0.29, 0.717) is 22.0 Å². The lowest BCUT2D eigenvalue weighted by Gasteiger charge is -2.04. The number of ether oxygens (including phenoxy) is 2. The average Bonchev–Trinajstić information content (AvgIpc) is 3.14. The van der Waals surface area contributed by atoms with Gasteiger partial charge in [0.2, 0.25) is 0 Å². The molecule has 28 heavy (non-hydrogen) atoms. The van der Waals surface area contributed by atoms with E-state index in [0.717, 1.165) is 0 Å². The molecule has 0 N–H and O–H groups in total. The number of nitro benzene ring substituents is 1. The van der Waals surface area contributed by atoms with Crippen molar-refractivity contribution < 1.29 is 23.6 Å². The van der Waals surface area contributed by atoms with Crippen LogP contribution in [0.25, 0.3) is 0 Å². The fourth-order valence-electron chi connectivity index (χ4n) is 2.36. The van der Waals surface area contributed by atoms with Crippen LogP contribution in [0.4, 0.5) is 10.1 Å². The van der Waals surface area contributed by atoms with Gasteiger partial charge in [-0.15, -0.1) is 11.3 Å². The molecule has 0 saturated heterocycles. The van der Waals surface area contributed by atoms with Gasteiger partial charge in [0.15, 0.2) is 0 Å². The number of aromatic nitrogens is 1. The molecule has 3 aromatic rings. The molecule has 0 aliphatic rings. The fourth-order valence-corrected chi connectivity index (χ4v) is 3.05. The summed E-state index contributed by atoms with van der Waals surface area (Å²) in [4.78, 5) is 26.7. The molecule has 9 heteroatoms. The predicted molar refractivity (Wildman–Crippen MR) is 99.4 cm³/mol. The lowest BCUT2D eigenvalue weighted by atomic mass is 10.1. The number of carbonyl (C=O) groups excluding carboxylic acids is 1. The highest BCUT2D eigenvalue weighted by molar-refractivity contribution is 7.09. The largest absolute Gasteiger partial charge is 0.486 e. The van der Waals surface area contributed by atoms with Crippen LogP contribution in [0.3, 0.4) is 0 Å². The van der Waals surface area contributed by atoms with E-state index < -0.39 is 10.9 Å². The monoisotopic (exact) mass is 402 g/mol. The van der Waals surface area contributed by atoms with Crippen molar-refractivity contribution >= 4 is 23.0 Å². The Morgan fingerprint density at radius 2 is 1.89 bits per heavy atom. The number of carbonyl (C=O) groups is 1. The zero-order valence-electron chi connectivity index (χ0n) is 14.5. The number of benzene rings is 2. The first-order valence-corrected chi connectivity index (χ1v) is 9.09. The number of nitrogens with zero attached hydrogens (tertiary/aromatic N) is 2. The molecule has 0 spiro atoms. The second-order valence-electron chi connectivity index (χ2n) is 5.70. The summed E-state index contributed by atoms with van der Waals surface area (Å²) in [7, 11) is 0. The molecule has 0 amide bonds. The quantitative estimate of drug-likeness (QED) is 0.321. The molecule has 0 aliphatic carbocycles. The minimum atomic E-state index is -0.577. The summed E-state index contributed by atoms with van der Waals surface area (Å²) in [5.74, 6) is -0.396. The summed E-state index contributed by atoms with van der Waals surface area (Å²) in [5.41, 5.74) is 0.733. The summed E-state index contributed by atoms with van der Waals surface area (Å²) in [6, 6.07) is 11.7. The molecule has 0 saturated carbocycles. The number of nitro groups is 1. The van der Waals surface area contributed by atoms with Gasteiger partial charge in [-0.25, -0.2) is 9.37 Å². The number of hydrogen-bond acceptors (Lipinski definition) is 7. The molecule has 0 fully saturated rings. The first-order chi connectivity index (χ1) is 13.5. The van der Waals surface area contributed by atoms with Crippen molar-refractivity contribution in [3.8, 4) is 5.75 Å². The summed E-state index contributed by atoms with van der Waals surface area (Å²) >= 11 is 1.34. The normalized spacial score (nSPS) is 10.5. The van der Waals surface area contributed by atoms with Crippen molar-refractivity contribution in [1.29, 1.82) is 0 Å². The molecule has 0 atom stereocenters. The van der Waals surface area contributed by atoms with E-state index in [9.17, 15) is 19.3 Å². The first-order valence-electron chi connectivity index (χ1n) is 8.21. The highest BCUT2D eigenvalue weighted by Crippen LogP contribution is 2.19. The number of hydrogen-bond donors (Lipinski definition) is 0. The molecular weight excluding hydrogens is 387 g/mol. The SMILES string of the molecule is O=C(Cc1ccccc1[N+](=O)[O-])OCc1csc(COc2ccc(F)cc2)n1. The Kier molecular flexibility index (Phi) is 6.28. The Labute approximate surface area is 163 Å². The first kappa shape index (κ1) is 19.4. The molecule has 7 nitrogen and oxygen atoms in total. The minimum absolute atomic E-state index is 0.0352. The summed E-state index contributed by atoms with van der Waals surface area (Å²) in [5, 5.41) is 13.4. The highest BCUT2D eigenvalue weighted by atomic mass is 32.1. The van der Waals surface area contributed by atoms with Gasteiger partial charge < -0.3 is 9.47 Å². The maximum Gasteiger partial charge on any atom is 0.310 e. The van der Waals surface area contributed by atoms with Crippen LogP contribution in [-0.4, -0.2) is 15.9 Å². The molecule has 0 bridgehead atoms. The molecular formula is C19H15FN2O5S. The van der Waals surface area contributed by atoms with Crippen molar-refractivity contribution in [1.82, 2.24) is 4.98 Å². The molecule has 144 valence electrons. The van der Waals surface area contributed by atoms with Gasteiger partial charge in [0.05, 0.1) is 17.0 Å². The van der Waals surface area contributed by atoms with E-state index in [1.54, 1.807) is 11.4 Å². The lowest BCUT2D eigenvalue weighted by Crippen LogP contribution is -2.09.